The van der Waals surface area contributed by atoms with E-state index in [0.717, 1.165) is 0 Å². The van der Waals surface area contributed by atoms with E-state index in [2.05, 4.69) is 5.32 Å². The van der Waals surface area contributed by atoms with E-state index in [1.807, 2.05) is 0 Å². The molecule has 1 saturated heterocycles. The van der Waals surface area contributed by atoms with E-state index in [9.17, 15) is 14.7 Å². The molecular weight excluding hydrogens is 208 g/mol. The first-order chi connectivity index (χ1) is 7.30. The number of carbonyl (C=O) groups excluding carboxylic acids is 2. The van der Waals surface area contributed by atoms with Gasteiger partial charge in [-0.1, -0.05) is 20.8 Å². The Morgan fingerprint density at radius 1 is 1.44 bits per heavy atom. The molecule has 2 amide bonds. The fraction of sp³-hybridized carbons (Fsp3) is 0.818. The first kappa shape index (κ1) is 13.0. The third-order valence-corrected chi connectivity index (χ3v) is 2.60. The molecule has 5 heteroatoms. The molecule has 1 aliphatic rings. The summed E-state index contributed by atoms with van der Waals surface area (Å²) in [6.07, 6.45) is 0.209. The molecule has 0 saturated carbocycles. The summed E-state index contributed by atoms with van der Waals surface area (Å²) in [5, 5.41) is 11.9. The van der Waals surface area contributed by atoms with Crippen LogP contribution in [0.1, 0.15) is 27.2 Å². The van der Waals surface area contributed by atoms with Crippen molar-refractivity contribution >= 4 is 11.8 Å². The number of hydrogen-bond acceptors (Lipinski definition) is 3. The maximum Gasteiger partial charge on any atom is 0.242 e. The van der Waals surface area contributed by atoms with Crippen LogP contribution in [-0.2, 0) is 9.59 Å². The van der Waals surface area contributed by atoms with Crippen molar-refractivity contribution in [3.8, 4) is 0 Å². The van der Waals surface area contributed by atoms with Crippen molar-refractivity contribution < 1.29 is 14.7 Å². The van der Waals surface area contributed by atoms with Gasteiger partial charge in [0.15, 0.2) is 0 Å². The van der Waals surface area contributed by atoms with Gasteiger partial charge in [-0.3, -0.25) is 9.59 Å². The molecule has 1 heterocycles. The van der Waals surface area contributed by atoms with Crippen LogP contribution in [0.5, 0.6) is 0 Å². The van der Waals surface area contributed by atoms with Gasteiger partial charge < -0.3 is 15.3 Å². The minimum atomic E-state index is -0.481. The van der Waals surface area contributed by atoms with Gasteiger partial charge in [0.1, 0.15) is 0 Å². The highest BCUT2D eigenvalue weighted by molar-refractivity contribution is 5.87. The number of hydrogen-bond donors (Lipinski definition) is 2. The van der Waals surface area contributed by atoms with Gasteiger partial charge in [0.05, 0.1) is 12.6 Å². The van der Waals surface area contributed by atoms with Crippen LogP contribution in [0, 0.1) is 5.41 Å². The normalized spacial score (nSPS) is 21.0. The number of nitrogens with one attached hydrogen (secondary N) is 1. The maximum absolute atomic E-state index is 11.6. The van der Waals surface area contributed by atoms with E-state index < -0.39 is 11.5 Å². The Hall–Kier alpha value is -1.10. The zero-order valence-electron chi connectivity index (χ0n) is 10.1. The molecular formula is C11H20N2O3. The Morgan fingerprint density at radius 2 is 2.06 bits per heavy atom. The summed E-state index contributed by atoms with van der Waals surface area (Å²) < 4.78 is 0. The average molecular weight is 228 g/mol. The Kier molecular flexibility index (Phi) is 3.91. The highest BCUT2D eigenvalue weighted by atomic mass is 16.3. The van der Waals surface area contributed by atoms with Crippen molar-refractivity contribution in [2.45, 2.75) is 33.3 Å². The summed E-state index contributed by atoms with van der Waals surface area (Å²) in [5.41, 5.74) is -0.481. The molecule has 16 heavy (non-hydrogen) atoms. The number of aliphatic hydroxyl groups excluding tert-OH is 1. The third-order valence-electron chi connectivity index (χ3n) is 2.60. The monoisotopic (exact) mass is 228 g/mol. The number of rotatable bonds is 2. The molecule has 0 bridgehead atoms. The number of carbonyl (C=O) groups is 2. The van der Waals surface area contributed by atoms with Crippen LogP contribution in [0.2, 0.25) is 0 Å². The molecule has 0 aromatic carbocycles. The lowest BCUT2D eigenvalue weighted by Crippen LogP contribution is -2.43. The van der Waals surface area contributed by atoms with Gasteiger partial charge in [-0.2, -0.15) is 0 Å². The quantitative estimate of drug-likeness (QED) is 0.684. The van der Waals surface area contributed by atoms with Gasteiger partial charge in [-0.05, 0) is 6.42 Å². The summed E-state index contributed by atoms with van der Waals surface area (Å²) in [6.45, 7) is 6.36. The van der Waals surface area contributed by atoms with Gasteiger partial charge in [0.25, 0.3) is 0 Å². The fourth-order valence-corrected chi connectivity index (χ4v) is 1.50. The van der Waals surface area contributed by atoms with Crippen LogP contribution in [-0.4, -0.2) is 47.6 Å². The molecule has 0 unspecified atom stereocenters. The molecule has 1 fully saturated rings. The maximum atomic E-state index is 11.6. The predicted molar refractivity (Wildman–Crippen MR) is 59.7 cm³/mol. The Labute approximate surface area is 95.8 Å². The second kappa shape index (κ2) is 4.82. The van der Waals surface area contributed by atoms with E-state index >= 15 is 0 Å². The number of aliphatic hydroxyl groups is 1. The van der Waals surface area contributed by atoms with Crippen molar-refractivity contribution in [3.05, 3.63) is 0 Å². The van der Waals surface area contributed by atoms with E-state index in [4.69, 9.17) is 0 Å². The molecule has 1 aliphatic heterocycles. The van der Waals surface area contributed by atoms with E-state index in [0.29, 0.717) is 19.5 Å². The van der Waals surface area contributed by atoms with Crippen molar-refractivity contribution in [3.63, 3.8) is 0 Å². The largest absolute Gasteiger partial charge is 0.391 e. The van der Waals surface area contributed by atoms with Crippen molar-refractivity contribution in [1.29, 1.82) is 0 Å². The molecule has 5 nitrogen and oxygen atoms in total. The third kappa shape index (κ3) is 3.48. The number of nitrogens with zero attached hydrogens (tertiary/aromatic N) is 1. The lowest BCUT2D eigenvalue weighted by Gasteiger charge is -2.20. The summed E-state index contributed by atoms with van der Waals surface area (Å²) in [7, 11) is 0. The summed E-state index contributed by atoms with van der Waals surface area (Å²) in [5.74, 6) is -0.269. The molecule has 1 atom stereocenters. The first-order valence-electron chi connectivity index (χ1n) is 5.55. The van der Waals surface area contributed by atoms with Crippen LogP contribution in [0.3, 0.4) is 0 Å². The minimum absolute atomic E-state index is 0.0167. The van der Waals surface area contributed by atoms with Crippen LogP contribution < -0.4 is 5.32 Å². The topological polar surface area (TPSA) is 69.6 Å². The smallest absolute Gasteiger partial charge is 0.242 e. The zero-order valence-corrected chi connectivity index (χ0v) is 10.1. The van der Waals surface area contributed by atoms with Crippen LogP contribution in [0.4, 0.5) is 0 Å². The molecule has 92 valence electrons. The average Bonchev–Trinajstić information content (AvgIpc) is 2.59. The predicted octanol–water partition coefficient (Wildman–Crippen LogP) is -0.258. The molecule has 2 N–H and O–H groups in total. The second-order valence-corrected chi connectivity index (χ2v) is 5.21. The summed E-state index contributed by atoms with van der Waals surface area (Å²) in [6, 6.07) is 0. The van der Waals surface area contributed by atoms with Crippen LogP contribution >= 0.6 is 0 Å². The van der Waals surface area contributed by atoms with Gasteiger partial charge in [0.2, 0.25) is 11.8 Å². The number of likely N-dealkylation sites (tertiary alicyclic amines) is 1. The SMILES string of the molecule is CC(C)(C)C(=O)NCC(=O)N1CC[C@H](O)C1. The minimum Gasteiger partial charge on any atom is -0.391 e. The molecule has 0 aromatic rings. The second-order valence-electron chi connectivity index (χ2n) is 5.21. The lowest BCUT2D eigenvalue weighted by molar-refractivity contribution is -0.134. The van der Waals surface area contributed by atoms with Gasteiger partial charge in [0, 0.05) is 18.5 Å². The van der Waals surface area contributed by atoms with Crippen molar-refractivity contribution in [2.75, 3.05) is 19.6 Å². The van der Waals surface area contributed by atoms with Crippen LogP contribution in [0.15, 0.2) is 0 Å². The highest BCUT2D eigenvalue weighted by Gasteiger charge is 2.26. The molecule has 0 radical (unpaired) electrons. The summed E-state index contributed by atoms with van der Waals surface area (Å²) in [4.78, 5) is 24.7. The standard InChI is InChI=1S/C11H20N2O3/c1-11(2,3)10(16)12-6-9(15)13-5-4-8(14)7-13/h8,14H,4-7H2,1-3H3,(H,12,16)/t8-/m0/s1. The molecule has 1 rings (SSSR count). The van der Waals surface area contributed by atoms with Crippen molar-refractivity contribution in [2.24, 2.45) is 5.41 Å². The van der Waals surface area contributed by atoms with Gasteiger partial charge in [-0.15, -0.1) is 0 Å². The lowest BCUT2D eigenvalue weighted by atomic mass is 9.96. The van der Waals surface area contributed by atoms with Gasteiger partial charge >= 0.3 is 0 Å². The Morgan fingerprint density at radius 3 is 2.50 bits per heavy atom. The van der Waals surface area contributed by atoms with E-state index in [1.54, 1.807) is 25.7 Å². The van der Waals surface area contributed by atoms with Gasteiger partial charge in [-0.25, -0.2) is 0 Å². The van der Waals surface area contributed by atoms with E-state index in [1.165, 1.54) is 0 Å². The molecule has 0 aromatic heterocycles. The molecule has 0 spiro atoms. The Bertz CT molecular complexity index is 283. The van der Waals surface area contributed by atoms with E-state index in [-0.39, 0.29) is 18.4 Å². The molecule has 0 aliphatic carbocycles. The number of amides is 2. The van der Waals surface area contributed by atoms with Crippen LogP contribution in [0.25, 0.3) is 0 Å². The van der Waals surface area contributed by atoms with Crippen molar-refractivity contribution in [1.82, 2.24) is 10.2 Å². The first-order valence-corrected chi connectivity index (χ1v) is 5.55. The zero-order chi connectivity index (χ0) is 12.3. The summed E-state index contributed by atoms with van der Waals surface area (Å²) >= 11 is 0. The number of β-amino-alcohol motifs (C(OH)–C–C–N with tert-alkyl or cyclic N) is 1. The Balaban J connectivity index is 2.33. The highest BCUT2D eigenvalue weighted by Crippen LogP contribution is 2.12. The fourth-order valence-electron chi connectivity index (χ4n) is 1.50.